The molecule has 0 spiro atoms. The zero-order valence-electron chi connectivity index (χ0n) is 19.4. The Balaban J connectivity index is 0.00000342. The van der Waals surface area contributed by atoms with E-state index in [1.165, 1.54) is 12.1 Å². The van der Waals surface area contributed by atoms with Crippen LogP contribution < -0.4 is 15.4 Å². The normalized spacial score (nSPS) is 22.8. The molecule has 0 radical (unpaired) electrons. The van der Waals surface area contributed by atoms with Gasteiger partial charge in [0.05, 0.1) is 11.3 Å². The molecule has 8 nitrogen and oxygen atoms in total. The Kier molecular flexibility index (Phi) is 6.38. The summed E-state index contributed by atoms with van der Waals surface area (Å²) in [6, 6.07) is 5.72. The first-order valence-electron chi connectivity index (χ1n) is 11.2. The molecule has 1 aromatic carbocycles. The molecule has 2 saturated heterocycles. The number of carbonyl (C=O) groups excluding carboxylic acids is 1. The predicted molar refractivity (Wildman–Crippen MR) is 127 cm³/mol. The number of aromatic nitrogens is 1. The zero-order chi connectivity index (χ0) is 24.8. The van der Waals surface area contributed by atoms with E-state index in [9.17, 15) is 22.0 Å². The number of rotatable bonds is 5. The average molecular weight is 496 g/mol. The van der Waals surface area contributed by atoms with Crippen molar-refractivity contribution in [1.82, 2.24) is 14.0 Å². The number of amides is 1. The first-order valence-corrected chi connectivity index (χ1v) is 12.6. The highest BCUT2D eigenvalue weighted by Gasteiger charge is 2.40. The number of benzene rings is 1. The summed E-state index contributed by atoms with van der Waals surface area (Å²) >= 11 is 0. The van der Waals surface area contributed by atoms with Crippen LogP contribution in [0.2, 0.25) is 0 Å². The number of nitrogens with one attached hydrogen (secondary N) is 1. The molecule has 4 rings (SSSR count). The Morgan fingerprint density at radius 1 is 1.21 bits per heavy atom. The second-order valence-corrected chi connectivity index (χ2v) is 11.5. The van der Waals surface area contributed by atoms with Crippen LogP contribution in [0.5, 0.6) is 0 Å². The van der Waals surface area contributed by atoms with Crippen LogP contribution in [0.4, 0.5) is 14.6 Å². The number of anilines is 1. The van der Waals surface area contributed by atoms with Crippen molar-refractivity contribution in [3.8, 4) is 11.3 Å². The summed E-state index contributed by atoms with van der Waals surface area (Å²) in [6.45, 7) is 7.06. The monoisotopic (exact) mass is 495 g/mol. The number of hydrogen-bond donors (Lipinski definition) is 2. The van der Waals surface area contributed by atoms with Gasteiger partial charge in [-0.25, -0.2) is 18.5 Å². The number of pyridine rings is 1. The number of nitrogens with two attached hydrogens (primary N) is 1. The molecule has 2 aliphatic rings. The molecule has 1 aromatic heterocycles. The highest BCUT2D eigenvalue weighted by Crippen LogP contribution is 2.38. The molecule has 11 heteroatoms. The summed E-state index contributed by atoms with van der Waals surface area (Å²) in [7, 11) is -4.09. The average Bonchev–Trinajstić information content (AvgIpc) is 3.28. The van der Waals surface area contributed by atoms with Gasteiger partial charge in [0.25, 0.3) is 5.91 Å². The molecule has 2 aliphatic heterocycles. The topological polar surface area (TPSA) is 109 Å². The Bertz CT molecular complexity index is 1210. The Labute approximate surface area is 199 Å². The van der Waals surface area contributed by atoms with E-state index in [-0.39, 0.29) is 48.7 Å². The molecular weight excluding hydrogens is 464 g/mol. The van der Waals surface area contributed by atoms with Gasteiger partial charge in [-0.1, -0.05) is 6.92 Å². The van der Waals surface area contributed by atoms with Crippen molar-refractivity contribution < 1.29 is 23.4 Å². The van der Waals surface area contributed by atoms with Crippen molar-refractivity contribution in [3.05, 3.63) is 47.5 Å². The van der Waals surface area contributed by atoms with Crippen molar-refractivity contribution in [2.24, 2.45) is 11.7 Å². The molecule has 0 saturated carbocycles. The van der Waals surface area contributed by atoms with Crippen LogP contribution in [-0.2, 0) is 10.2 Å². The third-order valence-corrected chi connectivity index (χ3v) is 7.81. The van der Waals surface area contributed by atoms with Crippen molar-refractivity contribution in [1.29, 1.82) is 0 Å². The van der Waals surface area contributed by atoms with E-state index in [2.05, 4.69) is 16.6 Å². The molecule has 0 unspecified atom stereocenters. The summed E-state index contributed by atoms with van der Waals surface area (Å²) in [5.41, 5.74) is 6.00. The molecule has 186 valence electrons. The second kappa shape index (κ2) is 8.86. The van der Waals surface area contributed by atoms with Crippen LogP contribution in [0.3, 0.4) is 0 Å². The quantitative estimate of drug-likeness (QED) is 0.660. The zero-order valence-corrected chi connectivity index (χ0v) is 20.2. The lowest BCUT2D eigenvalue weighted by molar-refractivity contribution is 0.0979. The molecule has 0 aliphatic carbocycles. The highest BCUT2D eigenvalue weighted by atomic mass is 32.2. The van der Waals surface area contributed by atoms with E-state index in [1.807, 2.05) is 18.7 Å². The lowest BCUT2D eigenvalue weighted by atomic mass is 9.97. The maximum absolute atomic E-state index is 13.8. The Hall–Kier alpha value is -2.63. The number of carbonyl (C=O) groups is 1. The number of nitrogens with zero attached hydrogens (tertiary/aromatic N) is 3. The Morgan fingerprint density at radius 2 is 1.88 bits per heavy atom. The third kappa shape index (κ3) is 4.91. The smallest absolute Gasteiger partial charge is 0.304 e. The van der Waals surface area contributed by atoms with Crippen LogP contribution in [0.15, 0.2) is 30.3 Å². The number of halogens is 2. The Morgan fingerprint density at radius 3 is 2.44 bits per heavy atom. The van der Waals surface area contributed by atoms with Gasteiger partial charge in [-0.05, 0) is 56.9 Å². The van der Waals surface area contributed by atoms with Gasteiger partial charge in [-0.15, -0.1) is 0 Å². The van der Waals surface area contributed by atoms with Crippen molar-refractivity contribution in [3.63, 3.8) is 0 Å². The van der Waals surface area contributed by atoms with Crippen LogP contribution in [0.25, 0.3) is 11.3 Å². The fourth-order valence-corrected chi connectivity index (χ4v) is 6.07. The molecule has 3 N–H and O–H groups in total. The van der Waals surface area contributed by atoms with Gasteiger partial charge in [-0.2, -0.15) is 12.7 Å². The lowest BCUT2D eigenvalue weighted by Gasteiger charge is -2.34. The van der Waals surface area contributed by atoms with Gasteiger partial charge in [0.15, 0.2) is 0 Å². The van der Waals surface area contributed by atoms with Crippen molar-refractivity contribution in [2.45, 2.75) is 45.2 Å². The predicted octanol–water partition coefficient (Wildman–Crippen LogP) is 2.91. The van der Waals surface area contributed by atoms with E-state index >= 15 is 0 Å². The molecule has 2 fully saturated rings. The molecular formula is C23H31F2N5O3S. The molecule has 2 atom stereocenters. The highest BCUT2D eigenvalue weighted by molar-refractivity contribution is 7.87. The maximum Gasteiger partial charge on any atom is 0.304 e. The van der Waals surface area contributed by atoms with Gasteiger partial charge in [0.2, 0.25) is 0 Å². The minimum atomic E-state index is -4.09. The van der Waals surface area contributed by atoms with Gasteiger partial charge in [-0.3, -0.25) is 4.79 Å². The van der Waals surface area contributed by atoms with Crippen molar-refractivity contribution >= 4 is 21.9 Å². The fourth-order valence-electron chi connectivity index (χ4n) is 4.86. The van der Waals surface area contributed by atoms with Gasteiger partial charge in [0, 0.05) is 44.3 Å². The van der Waals surface area contributed by atoms with Gasteiger partial charge in [0.1, 0.15) is 17.5 Å². The largest absolute Gasteiger partial charge is 0.351 e. The molecule has 3 heterocycles. The minimum Gasteiger partial charge on any atom is -0.351 e. The fraction of sp³-hybridized carbons (Fsp3) is 0.478. The van der Waals surface area contributed by atoms with E-state index < -0.39 is 27.8 Å². The van der Waals surface area contributed by atoms with Crippen LogP contribution >= 0.6 is 0 Å². The first-order chi connectivity index (χ1) is 15.9. The summed E-state index contributed by atoms with van der Waals surface area (Å²) in [5, 5.41) is 0. The summed E-state index contributed by atoms with van der Waals surface area (Å²) in [4.78, 5) is 19.7. The minimum absolute atomic E-state index is 0. The molecule has 2 aromatic rings. The van der Waals surface area contributed by atoms with E-state index in [0.717, 1.165) is 28.9 Å². The van der Waals surface area contributed by atoms with Crippen molar-refractivity contribution in [2.75, 3.05) is 24.5 Å². The first kappa shape index (κ1) is 24.5. The summed E-state index contributed by atoms with van der Waals surface area (Å²) < 4.78 is 56.5. The van der Waals surface area contributed by atoms with E-state index in [4.69, 9.17) is 5.73 Å². The molecule has 34 heavy (non-hydrogen) atoms. The summed E-state index contributed by atoms with van der Waals surface area (Å²) in [6.07, 6.45) is 1.35. The SMILES string of the molecule is C[C@@H]1CN(c2nc(-c3cc(F)cc(F)c3)ccc2C(=O)NS(=O)(=O)N2CC[C@H](N)C2)C(C)(C)C1.[HH]. The van der Waals surface area contributed by atoms with E-state index in [1.54, 1.807) is 0 Å². The van der Waals surface area contributed by atoms with Crippen LogP contribution in [-0.4, -0.2) is 54.8 Å². The second-order valence-electron chi connectivity index (χ2n) is 9.80. The lowest BCUT2D eigenvalue weighted by Crippen LogP contribution is -2.44. The summed E-state index contributed by atoms with van der Waals surface area (Å²) in [5.74, 6) is -1.74. The molecule has 0 bridgehead atoms. The maximum atomic E-state index is 13.8. The van der Waals surface area contributed by atoms with Crippen LogP contribution in [0, 0.1) is 17.6 Å². The van der Waals surface area contributed by atoms with E-state index in [0.29, 0.717) is 18.9 Å². The van der Waals surface area contributed by atoms with Crippen LogP contribution in [0.1, 0.15) is 45.4 Å². The van der Waals surface area contributed by atoms with Gasteiger partial charge < -0.3 is 10.6 Å². The molecule has 1 amide bonds. The number of hydrogen-bond acceptors (Lipinski definition) is 6. The van der Waals surface area contributed by atoms with Gasteiger partial charge >= 0.3 is 10.2 Å². The standard InChI is InChI=1S/C23H29F2N5O3S.H2/c1-14-11-23(2,3)30(12-14)21-19(22(31)28-34(32,33)29-7-6-18(26)13-29)4-5-20(27-21)15-8-16(24)10-17(25)9-15;/h4-5,8-10,14,18H,6-7,11-13,26H2,1-3H3,(H,28,31);1H/t14-,18-;/m0./s1. The third-order valence-electron chi connectivity index (χ3n) is 6.36.